The minimum absolute atomic E-state index is 0.244. The number of aliphatic hydroxyl groups excluding tert-OH is 1. The van der Waals surface area contributed by atoms with Crippen LogP contribution < -0.4 is 5.32 Å². The topological polar surface area (TPSA) is 104 Å². The summed E-state index contributed by atoms with van der Waals surface area (Å²) >= 11 is 0. The van der Waals surface area contributed by atoms with Crippen LogP contribution in [0.3, 0.4) is 0 Å². The zero-order valence-electron chi connectivity index (χ0n) is 12.5. The summed E-state index contributed by atoms with van der Waals surface area (Å²) < 4.78 is 10.4. The molecule has 3 aromatic heterocycles. The lowest BCUT2D eigenvalue weighted by Gasteiger charge is -2.15. The van der Waals surface area contributed by atoms with Crippen LogP contribution in [0.25, 0.3) is 11.5 Å². The third-order valence-corrected chi connectivity index (χ3v) is 3.42. The van der Waals surface area contributed by atoms with Crippen molar-refractivity contribution in [3.05, 3.63) is 54.3 Å². The highest BCUT2D eigenvalue weighted by Gasteiger charge is 2.19. The predicted molar refractivity (Wildman–Crippen MR) is 81.5 cm³/mol. The van der Waals surface area contributed by atoms with Gasteiger partial charge < -0.3 is 19.3 Å². The Morgan fingerprint density at radius 2 is 2.13 bits per heavy atom. The van der Waals surface area contributed by atoms with E-state index in [0.717, 1.165) is 0 Å². The number of carbonyl (C=O) groups excluding carboxylic acids is 1. The van der Waals surface area contributed by atoms with Crippen LogP contribution >= 0.6 is 0 Å². The quantitative estimate of drug-likeness (QED) is 0.648. The molecule has 3 heterocycles. The molecule has 1 amide bonds. The molecular weight excluding hydrogens is 298 g/mol. The fourth-order valence-electron chi connectivity index (χ4n) is 2.28. The van der Waals surface area contributed by atoms with E-state index in [-0.39, 0.29) is 17.6 Å². The summed E-state index contributed by atoms with van der Waals surface area (Å²) in [5.41, 5.74) is 0.888. The first kappa shape index (κ1) is 15.1. The number of hydrogen-bond donors (Lipinski definition) is 3. The number of amides is 1. The number of aromatic nitrogens is 2. The zero-order chi connectivity index (χ0) is 16.2. The van der Waals surface area contributed by atoms with E-state index in [2.05, 4.69) is 15.5 Å². The second kappa shape index (κ2) is 6.53. The van der Waals surface area contributed by atoms with Gasteiger partial charge in [0.25, 0.3) is 5.91 Å². The second-order valence-corrected chi connectivity index (χ2v) is 5.29. The highest BCUT2D eigenvalue weighted by molar-refractivity contribution is 5.93. The zero-order valence-corrected chi connectivity index (χ0v) is 12.5. The van der Waals surface area contributed by atoms with Gasteiger partial charge in [-0.25, -0.2) is 0 Å². The molecule has 0 aliphatic heterocycles. The Hall–Kier alpha value is -2.80. The number of rotatable bonds is 6. The Morgan fingerprint density at radius 1 is 1.35 bits per heavy atom. The van der Waals surface area contributed by atoms with Gasteiger partial charge in [0.2, 0.25) is 0 Å². The van der Waals surface area contributed by atoms with Crippen LogP contribution in [0.15, 0.2) is 51.7 Å². The minimum atomic E-state index is -0.766. The van der Waals surface area contributed by atoms with Gasteiger partial charge in [-0.3, -0.25) is 9.89 Å². The maximum absolute atomic E-state index is 12.2. The van der Waals surface area contributed by atoms with E-state index in [1.165, 1.54) is 6.26 Å². The molecule has 0 aliphatic carbocycles. The molecule has 23 heavy (non-hydrogen) atoms. The molecule has 0 spiro atoms. The smallest absolute Gasteiger partial charge is 0.272 e. The molecule has 2 unspecified atom stereocenters. The Balaban J connectivity index is 1.58. The van der Waals surface area contributed by atoms with E-state index in [9.17, 15) is 9.90 Å². The summed E-state index contributed by atoms with van der Waals surface area (Å²) in [6, 6.07) is 8.31. The third kappa shape index (κ3) is 3.51. The van der Waals surface area contributed by atoms with Crippen molar-refractivity contribution >= 4 is 5.91 Å². The van der Waals surface area contributed by atoms with Crippen LogP contribution in [-0.4, -0.2) is 27.3 Å². The maximum Gasteiger partial charge on any atom is 0.272 e. The lowest BCUT2D eigenvalue weighted by molar-refractivity contribution is 0.0898. The van der Waals surface area contributed by atoms with Gasteiger partial charge in [-0.05, 0) is 31.2 Å². The SMILES string of the molecule is CC(CC(O)c1ccco1)NC(=O)c1cc(-c2ccco2)[nH]n1. The molecule has 7 heteroatoms. The van der Waals surface area contributed by atoms with E-state index in [1.807, 2.05) is 6.92 Å². The molecule has 0 saturated heterocycles. The van der Waals surface area contributed by atoms with E-state index in [0.29, 0.717) is 23.6 Å². The summed E-state index contributed by atoms with van der Waals surface area (Å²) in [6.07, 6.45) is 2.63. The molecule has 3 N–H and O–H groups in total. The number of aromatic amines is 1. The average molecular weight is 315 g/mol. The van der Waals surface area contributed by atoms with E-state index < -0.39 is 6.10 Å². The molecule has 0 fully saturated rings. The number of carbonyl (C=O) groups is 1. The molecule has 0 saturated carbocycles. The Labute approximate surface area is 132 Å². The summed E-state index contributed by atoms with van der Waals surface area (Å²) in [5.74, 6) is 0.766. The van der Waals surface area contributed by atoms with Crippen LogP contribution in [0.4, 0.5) is 0 Å². The molecule has 2 atom stereocenters. The van der Waals surface area contributed by atoms with Gasteiger partial charge >= 0.3 is 0 Å². The van der Waals surface area contributed by atoms with Crippen molar-refractivity contribution in [3.63, 3.8) is 0 Å². The minimum Gasteiger partial charge on any atom is -0.467 e. The van der Waals surface area contributed by atoms with Crippen molar-refractivity contribution in [2.75, 3.05) is 0 Å². The number of furan rings is 2. The van der Waals surface area contributed by atoms with Gasteiger partial charge in [-0.15, -0.1) is 0 Å². The summed E-state index contributed by atoms with van der Waals surface area (Å²) in [4.78, 5) is 12.2. The first-order valence-corrected chi connectivity index (χ1v) is 7.25. The van der Waals surface area contributed by atoms with Crippen molar-refractivity contribution < 1.29 is 18.7 Å². The van der Waals surface area contributed by atoms with Crippen molar-refractivity contribution in [2.45, 2.75) is 25.5 Å². The van der Waals surface area contributed by atoms with Gasteiger partial charge in [-0.2, -0.15) is 5.10 Å². The highest BCUT2D eigenvalue weighted by Crippen LogP contribution is 2.20. The van der Waals surface area contributed by atoms with E-state index in [4.69, 9.17) is 8.83 Å². The van der Waals surface area contributed by atoms with Crippen molar-refractivity contribution in [3.8, 4) is 11.5 Å². The molecule has 120 valence electrons. The van der Waals surface area contributed by atoms with E-state index in [1.54, 1.807) is 36.6 Å². The molecule has 0 radical (unpaired) electrons. The Bertz CT molecular complexity index is 746. The molecule has 7 nitrogen and oxygen atoms in total. The van der Waals surface area contributed by atoms with Crippen molar-refractivity contribution in [1.29, 1.82) is 0 Å². The highest BCUT2D eigenvalue weighted by atomic mass is 16.4. The largest absolute Gasteiger partial charge is 0.467 e. The van der Waals surface area contributed by atoms with Crippen molar-refractivity contribution in [2.24, 2.45) is 0 Å². The molecule has 3 rings (SSSR count). The summed E-state index contributed by atoms with van der Waals surface area (Å²) in [5, 5.41) is 19.5. The first-order chi connectivity index (χ1) is 11.1. The second-order valence-electron chi connectivity index (χ2n) is 5.29. The molecule has 0 aliphatic rings. The maximum atomic E-state index is 12.2. The third-order valence-electron chi connectivity index (χ3n) is 3.42. The van der Waals surface area contributed by atoms with Gasteiger partial charge in [0.05, 0.1) is 12.5 Å². The monoisotopic (exact) mass is 315 g/mol. The number of nitrogens with zero attached hydrogens (tertiary/aromatic N) is 1. The first-order valence-electron chi connectivity index (χ1n) is 7.25. The van der Waals surface area contributed by atoms with Gasteiger partial charge in [0.15, 0.2) is 11.5 Å². The number of aliphatic hydroxyl groups is 1. The molecule has 0 bridgehead atoms. The number of hydrogen-bond acceptors (Lipinski definition) is 5. The normalized spacial score (nSPS) is 13.7. The lowest BCUT2D eigenvalue weighted by Crippen LogP contribution is -2.34. The average Bonchev–Trinajstić information content (AvgIpc) is 3.27. The van der Waals surface area contributed by atoms with Crippen LogP contribution in [-0.2, 0) is 0 Å². The Morgan fingerprint density at radius 3 is 2.83 bits per heavy atom. The predicted octanol–water partition coefficient (Wildman–Crippen LogP) is 2.50. The fraction of sp³-hybridized carbons (Fsp3) is 0.250. The fourth-order valence-corrected chi connectivity index (χ4v) is 2.28. The lowest BCUT2D eigenvalue weighted by atomic mass is 10.1. The Kier molecular flexibility index (Phi) is 4.29. The van der Waals surface area contributed by atoms with Gasteiger partial charge in [-0.1, -0.05) is 0 Å². The van der Waals surface area contributed by atoms with Crippen LogP contribution in [0, 0.1) is 0 Å². The number of H-pyrrole nitrogens is 1. The van der Waals surface area contributed by atoms with Crippen LogP contribution in [0.1, 0.15) is 35.7 Å². The number of nitrogens with one attached hydrogen (secondary N) is 2. The summed E-state index contributed by atoms with van der Waals surface area (Å²) in [7, 11) is 0. The van der Waals surface area contributed by atoms with Crippen LogP contribution in [0.5, 0.6) is 0 Å². The molecule has 3 aromatic rings. The summed E-state index contributed by atoms with van der Waals surface area (Å²) in [6.45, 7) is 1.81. The van der Waals surface area contributed by atoms with Crippen molar-refractivity contribution in [1.82, 2.24) is 15.5 Å². The van der Waals surface area contributed by atoms with Gasteiger partial charge in [0.1, 0.15) is 17.6 Å². The van der Waals surface area contributed by atoms with Gasteiger partial charge in [0, 0.05) is 18.5 Å². The van der Waals surface area contributed by atoms with Crippen LogP contribution in [0.2, 0.25) is 0 Å². The molecule has 0 aromatic carbocycles. The standard InChI is InChI=1S/C16H17N3O4/c1-10(8-13(20)15-5-3-7-23-15)17-16(21)12-9-11(18-19-12)14-4-2-6-22-14/h2-7,9-10,13,20H,8H2,1H3,(H,17,21)(H,18,19). The molecular formula is C16H17N3O4. The van der Waals surface area contributed by atoms with E-state index >= 15 is 0 Å².